The van der Waals surface area contributed by atoms with Gasteiger partial charge in [-0.1, -0.05) is 91.9 Å². The molecule has 0 aliphatic heterocycles. The van der Waals surface area contributed by atoms with E-state index >= 15 is 0 Å². The van der Waals surface area contributed by atoms with Crippen molar-refractivity contribution in [3.63, 3.8) is 0 Å². The molecule has 0 aromatic heterocycles. The predicted octanol–water partition coefficient (Wildman–Crippen LogP) is 6.40. The van der Waals surface area contributed by atoms with Gasteiger partial charge in [0.2, 0.25) is 0 Å². The van der Waals surface area contributed by atoms with E-state index in [0.717, 1.165) is 11.8 Å². The lowest BCUT2D eigenvalue weighted by atomic mass is 9.86. The van der Waals surface area contributed by atoms with E-state index in [-0.39, 0.29) is 0 Å². The highest BCUT2D eigenvalue weighted by molar-refractivity contribution is 4.81. The van der Waals surface area contributed by atoms with Gasteiger partial charge in [-0.3, -0.25) is 0 Å². The highest BCUT2D eigenvalue weighted by atomic mass is 14.2. The maximum Gasteiger partial charge on any atom is -0.0326 e. The molecule has 1 radical (unpaired) electrons. The Labute approximate surface area is 111 Å². The van der Waals surface area contributed by atoms with Crippen molar-refractivity contribution in [2.45, 2.75) is 91.9 Å². The van der Waals surface area contributed by atoms with Crippen LogP contribution in [0.4, 0.5) is 0 Å². The van der Waals surface area contributed by atoms with E-state index in [1.54, 1.807) is 0 Å². The molecule has 0 N–H and O–H groups in total. The Morgan fingerprint density at radius 3 is 1.82 bits per heavy atom. The average Bonchev–Trinajstić information content (AvgIpc) is 2.30. The third-order valence-electron chi connectivity index (χ3n) is 3.70. The van der Waals surface area contributed by atoms with Crippen molar-refractivity contribution in [1.29, 1.82) is 0 Å². The summed E-state index contributed by atoms with van der Waals surface area (Å²) < 4.78 is 0. The van der Waals surface area contributed by atoms with Gasteiger partial charge in [-0.05, 0) is 18.3 Å². The third-order valence-corrected chi connectivity index (χ3v) is 3.70. The normalized spacial score (nSPS) is 14.8. The van der Waals surface area contributed by atoms with Crippen LogP contribution < -0.4 is 0 Å². The van der Waals surface area contributed by atoms with Crippen LogP contribution in [0, 0.1) is 18.3 Å². The first kappa shape index (κ1) is 17.0. The molecule has 0 aromatic rings. The lowest BCUT2D eigenvalue weighted by molar-refractivity contribution is 0.412. The zero-order valence-corrected chi connectivity index (χ0v) is 12.8. The SMILES string of the molecule is CCCCCC(C)[CH]C(CCC)CCCCC. The molecule has 0 spiro atoms. The van der Waals surface area contributed by atoms with Crippen molar-refractivity contribution < 1.29 is 0 Å². The lowest BCUT2D eigenvalue weighted by Crippen LogP contribution is -2.08. The van der Waals surface area contributed by atoms with Crippen LogP contribution in [0.25, 0.3) is 0 Å². The molecule has 0 aliphatic carbocycles. The highest BCUT2D eigenvalue weighted by Gasteiger charge is 2.12. The predicted molar refractivity (Wildman–Crippen MR) is 80.1 cm³/mol. The maximum atomic E-state index is 2.66. The Hall–Kier alpha value is 0. The summed E-state index contributed by atoms with van der Waals surface area (Å²) in [5.41, 5.74) is 0. The van der Waals surface area contributed by atoms with Gasteiger partial charge in [-0.25, -0.2) is 0 Å². The van der Waals surface area contributed by atoms with Gasteiger partial charge < -0.3 is 0 Å². The molecule has 0 aliphatic rings. The first-order valence-corrected chi connectivity index (χ1v) is 8.09. The standard InChI is InChI=1S/C17H35/c1-5-8-10-13-16(4)15-17(12-7-3)14-11-9-6-2/h15-17H,5-14H2,1-4H3. The lowest BCUT2D eigenvalue weighted by Gasteiger charge is -2.20. The van der Waals surface area contributed by atoms with Gasteiger partial charge >= 0.3 is 0 Å². The zero-order valence-electron chi connectivity index (χ0n) is 12.8. The second-order valence-corrected chi connectivity index (χ2v) is 5.71. The van der Waals surface area contributed by atoms with Crippen LogP contribution in [0.2, 0.25) is 0 Å². The molecule has 0 saturated heterocycles. The molecule has 0 rings (SSSR count). The Morgan fingerprint density at radius 2 is 1.29 bits per heavy atom. The van der Waals surface area contributed by atoms with Gasteiger partial charge in [0.25, 0.3) is 0 Å². The second kappa shape index (κ2) is 12.5. The van der Waals surface area contributed by atoms with E-state index < -0.39 is 0 Å². The summed E-state index contributed by atoms with van der Waals surface area (Å²) in [6, 6.07) is 0. The minimum Gasteiger partial charge on any atom is -0.0654 e. The Balaban J connectivity index is 3.71. The van der Waals surface area contributed by atoms with Crippen LogP contribution in [0.5, 0.6) is 0 Å². The molecule has 0 aromatic carbocycles. The average molecular weight is 239 g/mol. The van der Waals surface area contributed by atoms with E-state index in [9.17, 15) is 0 Å². The third kappa shape index (κ3) is 10.9. The van der Waals surface area contributed by atoms with E-state index in [1.807, 2.05) is 0 Å². The van der Waals surface area contributed by atoms with Gasteiger partial charge in [-0.2, -0.15) is 0 Å². The highest BCUT2D eigenvalue weighted by Crippen LogP contribution is 2.25. The molecule has 0 heteroatoms. The number of rotatable bonds is 12. The fourth-order valence-electron chi connectivity index (χ4n) is 2.64. The molecule has 2 unspecified atom stereocenters. The van der Waals surface area contributed by atoms with E-state index in [2.05, 4.69) is 34.1 Å². The van der Waals surface area contributed by atoms with Crippen LogP contribution in [0.15, 0.2) is 0 Å². The number of unbranched alkanes of at least 4 members (excludes halogenated alkanes) is 4. The van der Waals surface area contributed by atoms with Crippen molar-refractivity contribution in [2.24, 2.45) is 11.8 Å². The van der Waals surface area contributed by atoms with Gasteiger partial charge in [0.1, 0.15) is 0 Å². The van der Waals surface area contributed by atoms with Crippen LogP contribution in [0.1, 0.15) is 91.9 Å². The molecule has 0 bridgehead atoms. The molecular formula is C17H35. The Morgan fingerprint density at radius 1 is 0.706 bits per heavy atom. The Kier molecular flexibility index (Phi) is 12.5. The molecule has 0 heterocycles. The largest absolute Gasteiger partial charge is 0.0654 e. The minimum absolute atomic E-state index is 0.833. The van der Waals surface area contributed by atoms with Gasteiger partial charge in [0.15, 0.2) is 0 Å². The van der Waals surface area contributed by atoms with Crippen molar-refractivity contribution in [1.82, 2.24) is 0 Å². The maximum absolute atomic E-state index is 2.66. The Bertz CT molecular complexity index is 139. The van der Waals surface area contributed by atoms with Gasteiger partial charge in [0.05, 0.1) is 0 Å². The van der Waals surface area contributed by atoms with Crippen molar-refractivity contribution >= 4 is 0 Å². The van der Waals surface area contributed by atoms with E-state index in [0.29, 0.717) is 0 Å². The number of hydrogen-bond acceptors (Lipinski definition) is 0. The first-order valence-electron chi connectivity index (χ1n) is 8.09. The monoisotopic (exact) mass is 239 g/mol. The smallest absolute Gasteiger partial charge is 0.0326 e. The first-order chi connectivity index (χ1) is 8.24. The minimum atomic E-state index is 0.833. The van der Waals surface area contributed by atoms with Gasteiger partial charge in [0, 0.05) is 0 Å². The molecule has 0 fully saturated rings. The molecule has 2 atom stereocenters. The summed E-state index contributed by atoms with van der Waals surface area (Å²) in [6.45, 7) is 9.32. The second-order valence-electron chi connectivity index (χ2n) is 5.71. The van der Waals surface area contributed by atoms with Crippen LogP contribution in [-0.2, 0) is 0 Å². The van der Waals surface area contributed by atoms with Crippen molar-refractivity contribution in [3.8, 4) is 0 Å². The zero-order chi connectivity index (χ0) is 12.9. The van der Waals surface area contributed by atoms with Crippen LogP contribution >= 0.6 is 0 Å². The quantitative estimate of drug-likeness (QED) is 0.345. The fraction of sp³-hybridized carbons (Fsp3) is 0.941. The molecule has 17 heavy (non-hydrogen) atoms. The summed E-state index contributed by atoms with van der Waals surface area (Å²) >= 11 is 0. The molecule has 0 nitrogen and oxygen atoms in total. The summed E-state index contributed by atoms with van der Waals surface area (Å²) in [7, 11) is 0. The van der Waals surface area contributed by atoms with E-state index in [4.69, 9.17) is 0 Å². The van der Waals surface area contributed by atoms with Crippen molar-refractivity contribution in [2.75, 3.05) is 0 Å². The summed E-state index contributed by atoms with van der Waals surface area (Å²) in [5.74, 6) is 1.72. The molecular weight excluding hydrogens is 204 g/mol. The van der Waals surface area contributed by atoms with Crippen LogP contribution in [-0.4, -0.2) is 0 Å². The fourth-order valence-corrected chi connectivity index (χ4v) is 2.64. The molecule has 0 saturated carbocycles. The number of hydrogen-bond donors (Lipinski definition) is 0. The summed E-state index contributed by atoms with van der Waals surface area (Å²) in [4.78, 5) is 0. The van der Waals surface area contributed by atoms with Gasteiger partial charge in [-0.15, -0.1) is 0 Å². The van der Waals surface area contributed by atoms with E-state index in [1.165, 1.54) is 64.2 Å². The molecule has 0 amide bonds. The summed E-state index contributed by atoms with van der Waals surface area (Å²) in [5, 5.41) is 0. The van der Waals surface area contributed by atoms with Crippen molar-refractivity contribution in [3.05, 3.63) is 6.42 Å². The van der Waals surface area contributed by atoms with Crippen LogP contribution in [0.3, 0.4) is 0 Å². The topological polar surface area (TPSA) is 0 Å². The summed E-state index contributed by atoms with van der Waals surface area (Å²) in [6.07, 6.45) is 16.6. The molecule has 103 valence electrons.